The average molecular weight is 390 g/mol. The number of rotatable bonds is 6. The molecule has 0 N–H and O–H groups in total. The van der Waals surface area contributed by atoms with E-state index in [2.05, 4.69) is 0 Å². The first-order valence-corrected chi connectivity index (χ1v) is 9.11. The molecule has 2 heterocycles. The van der Waals surface area contributed by atoms with Crippen molar-refractivity contribution in [1.29, 1.82) is 0 Å². The first-order valence-electron chi connectivity index (χ1n) is 9.11. The van der Waals surface area contributed by atoms with Gasteiger partial charge >= 0.3 is 5.97 Å². The topological polar surface area (TPSA) is 108 Å². The Morgan fingerprint density at radius 2 is 2.14 bits per heavy atom. The minimum Gasteiger partial charge on any atom is -0.496 e. The number of hydrogen-bond donors (Lipinski definition) is 0. The van der Waals surface area contributed by atoms with Gasteiger partial charge in [-0.15, -0.1) is 0 Å². The predicted molar refractivity (Wildman–Crippen MR) is 97.5 cm³/mol. The zero-order chi connectivity index (χ0) is 20.4. The molecule has 0 radical (unpaired) electrons. The van der Waals surface area contributed by atoms with Gasteiger partial charge in [0.25, 0.3) is 11.6 Å². The molecule has 1 amide bonds. The zero-order valence-electron chi connectivity index (χ0n) is 15.9. The van der Waals surface area contributed by atoms with Crippen LogP contribution in [0.1, 0.15) is 38.8 Å². The third-order valence-corrected chi connectivity index (χ3v) is 4.74. The van der Waals surface area contributed by atoms with Crippen LogP contribution in [0.5, 0.6) is 5.75 Å². The molecular formula is C19H22N2O7. The van der Waals surface area contributed by atoms with E-state index in [1.165, 1.54) is 36.1 Å². The molecule has 0 saturated heterocycles. The highest BCUT2D eigenvalue weighted by atomic mass is 16.6. The molecule has 0 saturated carbocycles. The number of nitro benzene ring substituents is 1. The van der Waals surface area contributed by atoms with E-state index in [4.69, 9.17) is 14.2 Å². The van der Waals surface area contributed by atoms with Crippen LogP contribution in [0.4, 0.5) is 5.69 Å². The number of carbonyl (C=O) groups excluding carboxylic acids is 2. The van der Waals surface area contributed by atoms with Gasteiger partial charge in [-0.3, -0.25) is 19.7 Å². The molecule has 1 unspecified atom stereocenters. The van der Waals surface area contributed by atoms with Crippen LogP contribution in [0, 0.1) is 10.1 Å². The minimum atomic E-state index is -0.796. The molecule has 9 heteroatoms. The second kappa shape index (κ2) is 7.87. The van der Waals surface area contributed by atoms with Crippen molar-refractivity contribution in [3.63, 3.8) is 0 Å². The zero-order valence-corrected chi connectivity index (χ0v) is 15.9. The van der Waals surface area contributed by atoms with E-state index in [9.17, 15) is 19.7 Å². The molecule has 0 aliphatic carbocycles. The van der Waals surface area contributed by atoms with Gasteiger partial charge in [-0.2, -0.15) is 0 Å². The lowest BCUT2D eigenvalue weighted by molar-refractivity contribution is -0.385. The van der Waals surface area contributed by atoms with Crippen LogP contribution in [0.3, 0.4) is 0 Å². The van der Waals surface area contributed by atoms with E-state index in [1.807, 2.05) is 13.8 Å². The molecule has 0 spiro atoms. The fourth-order valence-corrected chi connectivity index (χ4v) is 3.61. The molecule has 1 aromatic rings. The van der Waals surface area contributed by atoms with Gasteiger partial charge in [-0.1, -0.05) is 6.92 Å². The van der Waals surface area contributed by atoms with Gasteiger partial charge in [0, 0.05) is 30.7 Å². The number of nitrogens with zero attached hydrogens (tertiary/aromatic N) is 2. The Morgan fingerprint density at radius 3 is 2.75 bits per heavy atom. The van der Waals surface area contributed by atoms with Crippen molar-refractivity contribution in [3.05, 3.63) is 45.7 Å². The Hall–Kier alpha value is -3.10. The number of benzene rings is 1. The largest absolute Gasteiger partial charge is 0.496 e. The van der Waals surface area contributed by atoms with Crippen molar-refractivity contribution in [2.75, 3.05) is 13.2 Å². The third-order valence-electron chi connectivity index (χ3n) is 4.74. The average Bonchev–Trinajstić information content (AvgIpc) is 3.00. The molecule has 28 heavy (non-hydrogen) atoms. The van der Waals surface area contributed by atoms with Crippen molar-refractivity contribution in [2.24, 2.45) is 0 Å². The summed E-state index contributed by atoms with van der Waals surface area (Å²) >= 11 is 0. The number of carbonyl (C=O) groups is 2. The summed E-state index contributed by atoms with van der Waals surface area (Å²) in [7, 11) is 0. The van der Waals surface area contributed by atoms with Crippen LogP contribution in [0.25, 0.3) is 0 Å². The summed E-state index contributed by atoms with van der Waals surface area (Å²) in [4.78, 5) is 36.7. The number of esters is 1. The number of fused-ring (bicyclic) bond motifs is 1. The van der Waals surface area contributed by atoms with Gasteiger partial charge in [0.05, 0.1) is 18.1 Å². The predicted octanol–water partition coefficient (Wildman–Crippen LogP) is 2.50. The Morgan fingerprint density at radius 1 is 1.39 bits per heavy atom. The molecule has 0 fully saturated rings. The lowest BCUT2D eigenvalue weighted by Gasteiger charge is -2.42. The molecule has 2 aliphatic rings. The summed E-state index contributed by atoms with van der Waals surface area (Å²) in [6.07, 6.45) is 0.627. The van der Waals surface area contributed by atoms with E-state index in [1.54, 1.807) is 0 Å². The first kappa shape index (κ1) is 19.7. The van der Waals surface area contributed by atoms with E-state index in [0.29, 0.717) is 30.1 Å². The van der Waals surface area contributed by atoms with Crippen molar-refractivity contribution in [2.45, 2.75) is 45.4 Å². The van der Waals surface area contributed by atoms with Gasteiger partial charge in [0.15, 0.2) is 6.10 Å². The molecule has 2 aliphatic heterocycles. The Labute approximate surface area is 162 Å². The van der Waals surface area contributed by atoms with E-state index in [0.717, 1.165) is 0 Å². The quantitative estimate of drug-likeness (QED) is 0.417. The van der Waals surface area contributed by atoms with Gasteiger partial charge in [0.2, 0.25) is 0 Å². The molecular weight excluding hydrogens is 368 g/mol. The van der Waals surface area contributed by atoms with Crippen molar-refractivity contribution in [1.82, 2.24) is 4.90 Å². The van der Waals surface area contributed by atoms with Crippen LogP contribution in [0.2, 0.25) is 0 Å². The second-order valence-electron chi connectivity index (χ2n) is 6.57. The smallest absolute Gasteiger partial charge is 0.303 e. The summed E-state index contributed by atoms with van der Waals surface area (Å²) in [5.41, 5.74) is 0.304. The second-order valence-corrected chi connectivity index (χ2v) is 6.57. The minimum absolute atomic E-state index is 0.131. The molecule has 1 aromatic carbocycles. The maximum Gasteiger partial charge on any atom is 0.303 e. The summed E-state index contributed by atoms with van der Waals surface area (Å²) in [6.45, 7) is 5.57. The fraction of sp³-hybridized carbons (Fsp3) is 0.474. The normalized spacial score (nSPS) is 23.5. The van der Waals surface area contributed by atoms with Crippen LogP contribution >= 0.6 is 0 Å². The number of hydrogen-bond acceptors (Lipinski definition) is 7. The van der Waals surface area contributed by atoms with Crippen molar-refractivity contribution in [3.8, 4) is 5.75 Å². The highest BCUT2D eigenvalue weighted by molar-refractivity contribution is 5.91. The van der Waals surface area contributed by atoms with E-state index < -0.39 is 29.1 Å². The van der Waals surface area contributed by atoms with Gasteiger partial charge in [0.1, 0.15) is 23.7 Å². The molecule has 0 aromatic heterocycles. The van der Waals surface area contributed by atoms with Crippen LogP contribution < -0.4 is 4.74 Å². The standard InChI is InChI=1S/C19H22N2O7/c1-4-15-19(27-11(3)22)18(20-10-13(26-5-2)9-17(20)23)14-8-12(21(24)25)6-7-16(14)28-15/h6-9,15,18-19H,4-5,10H2,1-3H3/t15-,18?,19-/m0/s1. The fourth-order valence-electron chi connectivity index (χ4n) is 3.61. The lowest BCUT2D eigenvalue weighted by Crippen LogP contribution is -2.50. The summed E-state index contributed by atoms with van der Waals surface area (Å²) < 4.78 is 16.9. The van der Waals surface area contributed by atoms with E-state index >= 15 is 0 Å². The highest BCUT2D eigenvalue weighted by Gasteiger charge is 2.46. The van der Waals surface area contributed by atoms with Gasteiger partial charge in [-0.25, -0.2) is 0 Å². The van der Waals surface area contributed by atoms with Crippen LogP contribution in [-0.2, 0) is 19.1 Å². The van der Waals surface area contributed by atoms with Gasteiger partial charge in [-0.05, 0) is 19.4 Å². The lowest BCUT2D eigenvalue weighted by atomic mass is 9.90. The summed E-state index contributed by atoms with van der Waals surface area (Å²) in [5, 5.41) is 11.3. The van der Waals surface area contributed by atoms with Crippen molar-refractivity contribution < 1.29 is 28.7 Å². The molecule has 3 atom stereocenters. The Balaban J connectivity index is 2.08. The van der Waals surface area contributed by atoms with Crippen LogP contribution in [-0.4, -0.2) is 47.1 Å². The maximum atomic E-state index is 12.7. The number of amides is 1. The van der Waals surface area contributed by atoms with E-state index in [-0.39, 0.29) is 18.1 Å². The number of nitro groups is 1. The monoisotopic (exact) mass is 390 g/mol. The molecule has 150 valence electrons. The Kier molecular flexibility index (Phi) is 5.53. The van der Waals surface area contributed by atoms with Crippen LogP contribution in [0.15, 0.2) is 30.0 Å². The van der Waals surface area contributed by atoms with Gasteiger partial charge < -0.3 is 19.1 Å². The maximum absolute atomic E-state index is 12.7. The first-order chi connectivity index (χ1) is 13.3. The number of non-ortho nitro benzene ring substituents is 1. The molecule has 0 bridgehead atoms. The third kappa shape index (κ3) is 3.64. The Bertz CT molecular complexity index is 836. The highest BCUT2D eigenvalue weighted by Crippen LogP contribution is 2.43. The summed E-state index contributed by atoms with van der Waals surface area (Å²) in [6, 6.07) is 3.52. The SMILES string of the molecule is CCOC1=CC(=O)N(C2c3cc([N+](=O)[O-])ccc3O[C@@H](CC)[C@@H]2OC(C)=O)C1. The molecule has 9 nitrogen and oxygen atoms in total. The number of ether oxygens (including phenoxy) is 3. The molecule has 3 rings (SSSR count). The summed E-state index contributed by atoms with van der Waals surface area (Å²) in [5.74, 6) is 0.111. The van der Waals surface area contributed by atoms with Crippen molar-refractivity contribution >= 4 is 17.6 Å².